The first-order valence-corrected chi connectivity index (χ1v) is 11.9. The lowest BCUT2D eigenvalue weighted by atomic mass is 9.96. The van der Waals surface area contributed by atoms with Gasteiger partial charge < -0.3 is 19.5 Å². The molecule has 2 aromatic heterocycles. The van der Waals surface area contributed by atoms with E-state index in [9.17, 15) is 0 Å². The highest BCUT2D eigenvalue weighted by atomic mass is 35.5. The summed E-state index contributed by atoms with van der Waals surface area (Å²) in [6.45, 7) is 4.26. The molecule has 1 aliphatic rings. The zero-order valence-electron chi connectivity index (χ0n) is 19.2. The van der Waals surface area contributed by atoms with Gasteiger partial charge in [-0.05, 0) is 92.3 Å². The normalized spacial score (nSPS) is 17.6. The molecule has 1 fully saturated rings. The molecule has 0 aliphatic carbocycles. The van der Waals surface area contributed by atoms with Crippen molar-refractivity contribution in [3.63, 3.8) is 0 Å². The van der Waals surface area contributed by atoms with Crippen LogP contribution in [0.3, 0.4) is 0 Å². The summed E-state index contributed by atoms with van der Waals surface area (Å²) in [4.78, 5) is 6.84. The number of nitrogens with zero attached hydrogens (tertiary/aromatic N) is 3. The Morgan fingerprint density at radius 2 is 1.76 bits per heavy atom. The molecule has 1 saturated heterocycles. The maximum atomic E-state index is 6.32. The van der Waals surface area contributed by atoms with Gasteiger partial charge in [0.25, 0.3) is 0 Å². The number of rotatable bonds is 5. The summed E-state index contributed by atoms with van der Waals surface area (Å²) in [5.41, 5.74) is 6.41. The molecule has 2 atom stereocenters. The van der Waals surface area contributed by atoms with Crippen LogP contribution in [-0.2, 0) is 0 Å². The van der Waals surface area contributed by atoms with E-state index in [1.165, 1.54) is 5.56 Å². The van der Waals surface area contributed by atoms with Gasteiger partial charge in [-0.25, -0.2) is 0 Å². The number of hydrogen-bond acceptors (Lipinski definition) is 3. The van der Waals surface area contributed by atoms with Gasteiger partial charge in [-0.15, -0.1) is 0 Å². The van der Waals surface area contributed by atoms with Crippen LogP contribution >= 0.6 is 23.8 Å². The van der Waals surface area contributed by atoms with E-state index in [1.807, 2.05) is 66.9 Å². The van der Waals surface area contributed by atoms with Crippen LogP contribution in [0.1, 0.15) is 34.7 Å². The molecule has 0 unspecified atom stereocenters. The molecule has 0 radical (unpaired) electrons. The standard InChI is InChI=1S/C27H25ClN4OS/c1-17-15-23(18(2)31(17)21-8-6-7-19(28)16-21)26-25(24-9-4-5-14-29-24)30-27(34)32(26)20-10-12-22(33-3)13-11-20/h4-16,25-26H,1-3H3,(H,30,34)/t25-,26+/m1/s1. The summed E-state index contributed by atoms with van der Waals surface area (Å²) in [6.07, 6.45) is 1.82. The Bertz CT molecular complexity index is 1340. The van der Waals surface area contributed by atoms with Crippen LogP contribution in [0.4, 0.5) is 5.69 Å². The number of anilines is 1. The Kier molecular flexibility index (Phi) is 6.02. The topological polar surface area (TPSA) is 42.3 Å². The summed E-state index contributed by atoms with van der Waals surface area (Å²) in [5.74, 6) is 0.804. The van der Waals surface area contributed by atoms with Crippen molar-refractivity contribution in [1.82, 2.24) is 14.9 Å². The SMILES string of the molecule is COc1ccc(N2C(=S)N[C@H](c3ccccn3)[C@@H]2c2cc(C)n(-c3cccc(Cl)c3)c2C)cc1. The van der Waals surface area contributed by atoms with Crippen molar-refractivity contribution in [2.75, 3.05) is 12.0 Å². The molecule has 3 heterocycles. The molecule has 0 amide bonds. The molecule has 7 heteroatoms. The number of aromatic nitrogens is 2. The molecule has 1 aliphatic heterocycles. The third-order valence-corrected chi connectivity index (χ3v) is 6.85. The Labute approximate surface area is 210 Å². The molecule has 0 saturated carbocycles. The van der Waals surface area contributed by atoms with Gasteiger partial charge in [0.1, 0.15) is 5.75 Å². The monoisotopic (exact) mass is 488 g/mol. The Hall–Kier alpha value is -3.35. The summed E-state index contributed by atoms with van der Waals surface area (Å²) in [5, 5.41) is 4.91. The van der Waals surface area contributed by atoms with E-state index < -0.39 is 0 Å². The zero-order valence-corrected chi connectivity index (χ0v) is 20.8. The van der Waals surface area contributed by atoms with E-state index in [0.717, 1.165) is 34.2 Å². The minimum Gasteiger partial charge on any atom is -0.497 e. The molecular formula is C27H25ClN4OS. The molecule has 34 heavy (non-hydrogen) atoms. The van der Waals surface area contributed by atoms with Crippen molar-refractivity contribution >= 4 is 34.6 Å². The number of benzene rings is 2. The van der Waals surface area contributed by atoms with Crippen molar-refractivity contribution in [3.05, 3.63) is 107 Å². The van der Waals surface area contributed by atoms with Crippen LogP contribution in [-0.4, -0.2) is 21.8 Å². The highest BCUT2D eigenvalue weighted by Crippen LogP contribution is 2.44. The first-order chi connectivity index (χ1) is 16.5. The molecule has 172 valence electrons. The number of ether oxygens (including phenoxy) is 1. The quantitative estimate of drug-likeness (QED) is 0.332. The van der Waals surface area contributed by atoms with Crippen molar-refractivity contribution in [2.24, 2.45) is 0 Å². The molecule has 1 N–H and O–H groups in total. The molecule has 5 rings (SSSR count). The van der Waals surface area contributed by atoms with Gasteiger partial charge in [0.15, 0.2) is 5.11 Å². The minimum absolute atomic E-state index is 0.0880. The van der Waals surface area contributed by atoms with Crippen LogP contribution in [0, 0.1) is 13.8 Å². The van der Waals surface area contributed by atoms with Crippen molar-refractivity contribution in [1.29, 1.82) is 0 Å². The number of nitrogens with one attached hydrogen (secondary N) is 1. The third-order valence-electron chi connectivity index (χ3n) is 6.30. The fraction of sp³-hybridized carbons (Fsp3) is 0.185. The summed E-state index contributed by atoms with van der Waals surface area (Å²) in [6, 6.07) is 23.9. The number of methoxy groups -OCH3 is 1. The lowest BCUT2D eigenvalue weighted by molar-refractivity contribution is 0.415. The largest absolute Gasteiger partial charge is 0.497 e. The predicted molar refractivity (Wildman–Crippen MR) is 141 cm³/mol. The first-order valence-electron chi connectivity index (χ1n) is 11.1. The van der Waals surface area contributed by atoms with E-state index in [4.69, 9.17) is 28.6 Å². The van der Waals surface area contributed by atoms with Crippen LogP contribution in [0.2, 0.25) is 5.02 Å². The average Bonchev–Trinajstić information content (AvgIpc) is 3.34. The smallest absolute Gasteiger partial charge is 0.174 e. The zero-order chi connectivity index (χ0) is 23.8. The van der Waals surface area contributed by atoms with E-state index in [2.05, 4.69) is 45.7 Å². The number of pyridine rings is 1. The van der Waals surface area contributed by atoms with E-state index >= 15 is 0 Å². The highest BCUT2D eigenvalue weighted by molar-refractivity contribution is 7.80. The van der Waals surface area contributed by atoms with Crippen molar-refractivity contribution < 1.29 is 4.74 Å². The summed E-state index contributed by atoms with van der Waals surface area (Å²) in [7, 11) is 1.67. The van der Waals surface area contributed by atoms with Gasteiger partial charge >= 0.3 is 0 Å². The van der Waals surface area contributed by atoms with Gasteiger partial charge in [-0.3, -0.25) is 4.98 Å². The number of thiocarbonyl (C=S) groups is 1. The average molecular weight is 489 g/mol. The molecule has 4 aromatic rings. The van der Waals surface area contributed by atoms with Gasteiger partial charge in [-0.2, -0.15) is 0 Å². The minimum atomic E-state index is -0.107. The lowest BCUT2D eigenvalue weighted by Gasteiger charge is -2.28. The second-order valence-corrected chi connectivity index (χ2v) is 9.16. The van der Waals surface area contributed by atoms with Gasteiger partial charge in [0.2, 0.25) is 0 Å². The second-order valence-electron chi connectivity index (χ2n) is 8.34. The van der Waals surface area contributed by atoms with Gasteiger partial charge in [0.05, 0.1) is 24.9 Å². The molecular weight excluding hydrogens is 464 g/mol. The van der Waals surface area contributed by atoms with E-state index in [-0.39, 0.29) is 12.1 Å². The fourth-order valence-corrected chi connectivity index (χ4v) is 5.32. The molecule has 2 aromatic carbocycles. The van der Waals surface area contributed by atoms with Crippen LogP contribution < -0.4 is 15.0 Å². The summed E-state index contributed by atoms with van der Waals surface area (Å²) >= 11 is 12.2. The summed E-state index contributed by atoms with van der Waals surface area (Å²) < 4.78 is 7.61. The van der Waals surface area contributed by atoms with Crippen LogP contribution in [0.15, 0.2) is 79.0 Å². The number of hydrogen-bond donors (Lipinski definition) is 1. The third kappa shape index (κ3) is 3.93. The first kappa shape index (κ1) is 22.4. The molecule has 5 nitrogen and oxygen atoms in total. The second kappa shape index (κ2) is 9.12. The van der Waals surface area contributed by atoms with Crippen molar-refractivity contribution in [2.45, 2.75) is 25.9 Å². The lowest BCUT2D eigenvalue weighted by Crippen LogP contribution is -2.29. The predicted octanol–water partition coefficient (Wildman–Crippen LogP) is 6.33. The molecule has 0 spiro atoms. The Morgan fingerprint density at radius 3 is 2.44 bits per heavy atom. The van der Waals surface area contributed by atoms with Crippen LogP contribution in [0.25, 0.3) is 5.69 Å². The van der Waals surface area contributed by atoms with E-state index in [0.29, 0.717) is 10.1 Å². The van der Waals surface area contributed by atoms with Crippen LogP contribution in [0.5, 0.6) is 5.75 Å². The van der Waals surface area contributed by atoms with Gasteiger partial charge in [0, 0.05) is 34.0 Å². The highest BCUT2D eigenvalue weighted by Gasteiger charge is 2.42. The molecule has 0 bridgehead atoms. The van der Waals surface area contributed by atoms with Crippen molar-refractivity contribution in [3.8, 4) is 11.4 Å². The Morgan fingerprint density at radius 1 is 0.971 bits per heavy atom. The maximum Gasteiger partial charge on any atom is 0.174 e. The fourth-order valence-electron chi connectivity index (χ4n) is 4.79. The maximum absolute atomic E-state index is 6.32. The van der Waals surface area contributed by atoms with Gasteiger partial charge in [-0.1, -0.05) is 23.7 Å². The van der Waals surface area contributed by atoms with E-state index in [1.54, 1.807) is 7.11 Å². The Balaban J connectivity index is 1.67. The number of aryl methyl sites for hydroxylation is 1. The number of halogens is 1.